The van der Waals surface area contributed by atoms with E-state index in [1.54, 1.807) is 18.3 Å². The molecular weight excluding hydrogens is 382 g/mol. The lowest BCUT2D eigenvalue weighted by molar-refractivity contribution is 0.100. The number of aromatic nitrogens is 1. The van der Waals surface area contributed by atoms with Gasteiger partial charge in [0.1, 0.15) is 0 Å². The normalized spacial score (nSPS) is 18.5. The molecule has 1 atom stereocenters. The Bertz CT molecular complexity index is 917. The summed E-state index contributed by atoms with van der Waals surface area (Å²) in [7, 11) is -3.21. The fourth-order valence-electron chi connectivity index (χ4n) is 2.78. The van der Waals surface area contributed by atoms with Gasteiger partial charge in [0.25, 0.3) is 5.91 Å². The third kappa shape index (κ3) is 3.00. The number of aromatic amines is 1. The number of allylic oxidation sites excluding steroid dienone is 1. The third-order valence-corrected chi connectivity index (χ3v) is 5.85. The van der Waals surface area contributed by atoms with Crippen LogP contribution in [0.5, 0.6) is 0 Å². The Kier molecular flexibility index (Phi) is 3.97. The summed E-state index contributed by atoms with van der Waals surface area (Å²) in [4.78, 5) is 14.8. The molecule has 6 nitrogen and oxygen atoms in total. The van der Waals surface area contributed by atoms with E-state index in [-0.39, 0.29) is 5.92 Å². The second-order valence-electron chi connectivity index (χ2n) is 5.58. The van der Waals surface area contributed by atoms with Gasteiger partial charge in [-0.3, -0.25) is 9.10 Å². The molecule has 0 aliphatic carbocycles. The highest BCUT2D eigenvalue weighted by Crippen LogP contribution is 2.33. The summed E-state index contributed by atoms with van der Waals surface area (Å²) >= 11 is 3.48. The topological polar surface area (TPSA) is 96.3 Å². The monoisotopic (exact) mass is 397 g/mol. The molecule has 0 bridgehead atoms. The highest BCUT2D eigenvalue weighted by atomic mass is 79.9. The number of hydrogen-bond donors (Lipinski definition) is 2. The van der Waals surface area contributed by atoms with E-state index in [1.165, 1.54) is 10.6 Å². The number of benzene rings is 1. The van der Waals surface area contributed by atoms with Crippen LogP contribution in [0.25, 0.3) is 10.9 Å². The number of nitrogens with two attached hydrogens (primary N) is 1. The molecule has 0 saturated heterocycles. The molecule has 3 rings (SSSR count). The van der Waals surface area contributed by atoms with Crippen LogP contribution in [0.15, 0.2) is 34.9 Å². The van der Waals surface area contributed by atoms with Gasteiger partial charge in [0, 0.05) is 34.2 Å². The highest BCUT2D eigenvalue weighted by Gasteiger charge is 2.22. The lowest BCUT2D eigenvalue weighted by atomic mass is 9.99. The predicted molar refractivity (Wildman–Crippen MR) is 92.6 cm³/mol. The van der Waals surface area contributed by atoms with E-state index in [9.17, 15) is 13.2 Å². The summed E-state index contributed by atoms with van der Waals surface area (Å²) in [5.74, 6) is -0.425. The quantitative estimate of drug-likeness (QED) is 0.831. The minimum absolute atomic E-state index is 0.0630. The van der Waals surface area contributed by atoms with E-state index in [2.05, 4.69) is 20.9 Å². The average molecular weight is 398 g/mol. The summed E-state index contributed by atoms with van der Waals surface area (Å²) in [6.45, 7) is 0.430. The Morgan fingerprint density at radius 2 is 2.17 bits per heavy atom. The molecular formula is C15H16BrN3O3S. The zero-order valence-electron chi connectivity index (χ0n) is 12.4. The van der Waals surface area contributed by atoms with Gasteiger partial charge in [-0.2, -0.15) is 0 Å². The molecule has 0 fully saturated rings. The van der Waals surface area contributed by atoms with Gasteiger partial charge in [-0.05, 0) is 24.6 Å². The molecule has 3 N–H and O–H groups in total. The molecule has 0 radical (unpaired) electrons. The van der Waals surface area contributed by atoms with Crippen molar-refractivity contribution < 1.29 is 13.2 Å². The van der Waals surface area contributed by atoms with Crippen molar-refractivity contribution in [2.45, 2.75) is 12.3 Å². The van der Waals surface area contributed by atoms with Crippen molar-refractivity contribution in [3.63, 3.8) is 0 Å². The van der Waals surface area contributed by atoms with E-state index in [4.69, 9.17) is 5.73 Å². The molecule has 2 aromatic rings. The summed E-state index contributed by atoms with van der Waals surface area (Å²) < 4.78 is 25.3. The van der Waals surface area contributed by atoms with Crippen molar-refractivity contribution in [2.24, 2.45) is 5.73 Å². The van der Waals surface area contributed by atoms with Crippen molar-refractivity contribution in [1.29, 1.82) is 0 Å². The molecule has 122 valence electrons. The number of nitrogens with zero attached hydrogens (tertiary/aromatic N) is 1. The fraction of sp³-hybridized carbons (Fsp3) is 0.267. The maximum absolute atomic E-state index is 11.6. The SMILES string of the molecule is CS(=O)(=O)N1C=CC(c2cc3c(Br)ccc(C(N)=O)c3[nH]2)CC1. The number of primary amides is 1. The molecule has 1 unspecified atom stereocenters. The Balaban J connectivity index is 2.01. The Morgan fingerprint density at radius 1 is 1.43 bits per heavy atom. The Hall–Kier alpha value is -1.80. The minimum Gasteiger partial charge on any atom is -0.366 e. The van der Waals surface area contributed by atoms with Crippen LogP contribution in [0.2, 0.25) is 0 Å². The van der Waals surface area contributed by atoms with E-state index in [0.717, 1.165) is 15.6 Å². The number of amides is 1. The van der Waals surface area contributed by atoms with Gasteiger partial charge in [0.15, 0.2) is 0 Å². The Labute approximate surface area is 142 Å². The first-order chi connectivity index (χ1) is 10.8. The smallest absolute Gasteiger partial charge is 0.250 e. The summed E-state index contributed by atoms with van der Waals surface area (Å²) in [6, 6.07) is 5.44. The summed E-state index contributed by atoms with van der Waals surface area (Å²) in [6.07, 6.45) is 5.31. The maximum atomic E-state index is 11.6. The zero-order chi connectivity index (χ0) is 16.8. The summed E-state index contributed by atoms with van der Waals surface area (Å²) in [5, 5.41) is 0.884. The van der Waals surface area contributed by atoms with Crippen LogP contribution in [0, 0.1) is 0 Å². The molecule has 0 saturated carbocycles. The first-order valence-corrected chi connectivity index (χ1v) is 9.67. The lowest BCUT2D eigenvalue weighted by Crippen LogP contribution is -2.29. The van der Waals surface area contributed by atoms with Gasteiger partial charge in [-0.1, -0.05) is 22.0 Å². The predicted octanol–water partition coefficient (Wildman–Crippen LogP) is 2.29. The molecule has 1 aromatic heterocycles. The number of sulfonamides is 1. The van der Waals surface area contributed by atoms with E-state index in [1.807, 2.05) is 12.1 Å². The van der Waals surface area contributed by atoms with Gasteiger partial charge in [-0.15, -0.1) is 0 Å². The van der Waals surface area contributed by atoms with Crippen LogP contribution < -0.4 is 5.73 Å². The van der Waals surface area contributed by atoms with E-state index < -0.39 is 15.9 Å². The fourth-order valence-corrected chi connectivity index (χ4v) is 3.96. The molecule has 8 heteroatoms. The van der Waals surface area contributed by atoms with Crippen LogP contribution >= 0.6 is 15.9 Å². The van der Waals surface area contributed by atoms with Gasteiger partial charge in [0.2, 0.25) is 10.0 Å². The van der Waals surface area contributed by atoms with E-state index >= 15 is 0 Å². The second kappa shape index (κ2) is 5.68. The van der Waals surface area contributed by atoms with Crippen LogP contribution in [-0.4, -0.2) is 36.4 Å². The molecule has 0 spiro atoms. The third-order valence-electron chi connectivity index (χ3n) is 4.00. The van der Waals surface area contributed by atoms with Crippen molar-refractivity contribution in [1.82, 2.24) is 9.29 Å². The van der Waals surface area contributed by atoms with E-state index in [0.29, 0.717) is 24.0 Å². The maximum Gasteiger partial charge on any atom is 0.250 e. The molecule has 1 aromatic carbocycles. The van der Waals surface area contributed by atoms with Crippen molar-refractivity contribution >= 4 is 42.8 Å². The van der Waals surface area contributed by atoms with Crippen LogP contribution in [0.1, 0.15) is 28.4 Å². The first kappa shape index (κ1) is 16.1. The number of halogens is 1. The summed E-state index contributed by atoms with van der Waals surface area (Å²) in [5.41, 5.74) is 7.48. The molecule has 2 heterocycles. The van der Waals surface area contributed by atoms with Crippen LogP contribution in [-0.2, 0) is 10.0 Å². The first-order valence-electron chi connectivity index (χ1n) is 7.03. The molecule has 1 aliphatic heterocycles. The number of H-pyrrole nitrogens is 1. The number of carbonyl (C=O) groups excluding carboxylic acids is 1. The zero-order valence-corrected chi connectivity index (χ0v) is 14.8. The number of hydrogen-bond acceptors (Lipinski definition) is 3. The van der Waals surface area contributed by atoms with Crippen molar-refractivity contribution in [3.8, 4) is 0 Å². The lowest BCUT2D eigenvalue weighted by Gasteiger charge is -2.25. The number of carbonyl (C=O) groups is 1. The second-order valence-corrected chi connectivity index (χ2v) is 8.37. The van der Waals surface area contributed by atoms with Gasteiger partial charge in [-0.25, -0.2) is 8.42 Å². The Morgan fingerprint density at radius 3 is 2.74 bits per heavy atom. The largest absolute Gasteiger partial charge is 0.366 e. The number of nitrogens with one attached hydrogen (secondary N) is 1. The average Bonchev–Trinajstić information content (AvgIpc) is 2.92. The van der Waals surface area contributed by atoms with Crippen LogP contribution in [0.3, 0.4) is 0 Å². The standard InChI is InChI=1S/C15H16BrN3O3S/c1-23(21,22)19-6-4-9(5-7-19)13-8-11-12(16)3-2-10(15(17)20)14(11)18-13/h2-4,6,8-9,18H,5,7H2,1H3,(H2,17,20). The molecule has 1 amide bonds. The number of fused-ring (bicyclic) bond motifs is 1. The molecule has 1 aliphatic rings. The van der Waals surface area contributed by atoms with Crippen molar-refractivity contribution in [3.05, 3.63) is 46.2 Å². The van der Waals surface area contributed by atoms with Gasteiger partial charge >= 0.3 is 0 Å². The van der Waals surface area contributed by atoms with Gasteiger partial charge < -0.3 is 10.7 Å². The van der Waals surface area contributed by atoms with Crippen LogP contribution in [0.4, 0.5) is 0 Å². The minimum atomic E-state index is -3.21. The number of rotatable bonds is 3. The van der Waals surface area contributed by atoms with Crippen molar-refractivity contribution in [2.75, 3.05) is 12.8 Å². The van der Waals surface area contributed by atoms with Gasteiger partial charge in [0.05, 0.1) is 17.3 Å². The highest BCUT2D eigenvalue weighted by molar-refractivity contribution is 9.10. The molecule has 23 heavy (non-hydrogen) atoms.